The molecule has 0 aromatic heterocycles. The molecule has 2 heterocycles. The first-order valence-corrected chi connectivity index (χ1v) is 10.4. The molecule has 1 amide bonds. The highest BCUT2D eigenvalue weighted by Crippen LogP contribution is 2.33. The second kappa shape index (κ2) is 13.1. The van der Waals surface area contributed by atoms with E-state index >= 15 is 0 Å². The zero-order valence-electron chi connectivity index (χ0n) is 18.2. The molecule has 2 rings (SSSR count). The van der Waals surface area contributed by atoms with Gasteiger partial charge >= 0.3 is 0 Å². The zero-order valence-corrected chi connectivity index (χ0v) is 19.0. The molecule has 0 spiro atoms. The Morgan fingerprint density at radius 1 is 1.09 bits per heavy atom. The number of carboxylic acids is 1. The number of hydrogen-bond acceptors (Lipinski definition) is 15. The van der Waals surface area contributed by atoms with Crippen molar-refractivity contribution in [1.82, 2.24) is 5.32 Å². The van der Waals surface area contributed by atoms with Gasteiger partial charge in [-0.15, -0.1) is 4.33 Å². The van der Waals surface area contributed by atoms with Crippen LogP contribution < -0.4 is 10.4 Å². The van der Waals surface area contributed by atoms with Crippen LogP contribution in [0.4, 0.5) is 0 Å². The topological polar surface area (TPSA) is 207 Å². The fourth-order valence-electron chi connectivity index (χ4n) is 3.74. The SMILES string of the molecule is CO[C@@H]1OC(COOOS[O-])[C@H](C)[C@H](O[C@@H]2OC(C(=O)[O-])[C@@H](OC)[C@H](O)C2O)C1NC(C)=O. The lowest BCUT2D eigenvalue weighted by Crippen LogP contribution is -2.67. The van der Waals surface area contributed by atoms with E-state index in [0.717, 1.165) is 7.11 Å². The Morgan fingerprint density at radius 3 is 2.33 bits per heavy atom. The van der Waals surface area contributed by atoms with E-state index < -0.39 is 73.0 Å². The largest absolute Gasteiger partial charge is 0.774 e. The van der Waals surface area contributed by atoms with Crippen molar-refractivity contribution in [2.75, 3.05) is 20.8 Å². The van der Waals surface area contributed by atoms with Crippen molar-refractivity contribution < 1.29 is 67.4 Å². The molecule has 0 aromatic carbocycles. The van der Waals surface area contributed by atoms with Crippen LogP contribution >= 0.6 is 12.3 Å². The van der Waals surface area contributed by atoms with Gasteiger partial charge < -0.3 is 53.7 Å². The van der Waals surface area contributed by atoms with Crippen molar-refractivity contribution in [3.8, 4) is 0 Å². The summed E-state index contributed by atoms with van der Waals surface area (Å²) in [5.74, 6) is -2.76. The molecule has 10 atom stereocenters. The lowest BCUT2D eigenvalue weighted by Gasteiger charge is -2.48. The third-order valence-corrected chi connectivity index (χ3v) is 5.45. The van der Waals surface area contributed by atoms with Gasteiger partial charge in [-0.1, -0.05) is 24.3 Å². The van der Waals surface area contributed by atoms with E-state index in [4.69, 9.17) is 28.6 Å². The highest BCUT2D eigenvalue weighted by Gasteiger charge is 2.51. The maximum Gasteiger partial charge on any atom is 0.217 e. The van der Waals surface area contributed by atoms with Gasteiger partial charge in [-0.3, -0.25) is 4.79 Å². The summed E-state index contributed by atoms with van der Waals surface area (Å²) in [7, 11) is 2.45. The maximum atomic E-state index is 11.8. The first kappa shape index (κ1) is 28.1. The second-order valence-electron chi connectivity index (χ2n) is 7.38. The van der Waals surface area contributed by atoms with E-state index in [1.165, 1.54) is 14.0 Å². The molecular formula is C17H27NO14S-2. The van der Waals surface area contributed by atoms with Gasteiger partial charge in [0.05, 0.1) is 18.2 Å². The molecule has 15 nitrogen and oxygen atoms in total. The number of aliphatic carboxylic acids is 1. The summed E-state index contributed by atoms with van der Waals surface area (Å²) in [4.78, 5) is 28.0. The Balaban J connectivity index is 2.26. The summed E-state index contributed by atoms with van der Waals surface area (Å²) >= 11 is -0.336. The fraction of sp³-hybridized carbons (Fsp3) is 0.882. The molecule has 16 heteroatoms. The smallest absolute Gasteiger partial charge is 0.217 e. The van der Waals surface area contributed by atoms with Crippen molar-refractivity contribution >= 4 is 24.2 Å². The lowest BCUT2D eigenvalue weighted by molar-refractivity contribution is -0.471. The summed E-state index contributed by atoms with van der Waals surface area (Å²) in [5, 5.41) is 39.1. The maximum absolute atomic E-state index is 11.8. The van der Waals surface area contributed by atoms with Crippen LogP contribution in [0, 0.1) is 5.92 Å². The number of amides is 1. The molecule has 2 aliphatic heterocycles. The number of rotatable bonds is 11. The molecular weight excluding hydrogens is 474 g/mol. The molecule has 0 aliphatic carbocycles. The van der Waals surface area contributed by atoms with Crippen molar-refractivity contribution in [3.05, 3.63) is 0 Å². The molecule has 0 saturated carbocycles. The van der Waals surface area contributed by atoms with Crippen LogP contribution in [0.25, 0.3) is 0 Å². The van der Waals surface area contributed by atoms with E-state index in [2.05, 4.69) is 14.7 Å². The van der Waals surface area contributed by atoms with Gasteiger partial charge in [0.15, 0.2) is 12.6 Å². The predicted octanol–water partition coefficient (Wildman–Crippen LogP) is -3.25. The van der Waals surface area contributed by atoms with Crippen LogP contribution in [-0.4, -0.2) is 103 Å². The van der Waals surface area contributed by atoms with E-state index in [-0.39, 0.29) is 18.9 Å². The van der Waals surface area contributed by atoms with Gasteiger partial charge in [0.25, 0.3) is 0 Å². The number of nitrogens with one attached hydrogen (secondary N) is 1. The molecule has 4 unspecified atom stereocenters. The fourth-order valence-corrected chi connectivity index (χ4v) is 3.81. The Kier molecular flexibility index (Phi) is 11.1. The number of ether oxygens (including phenoxy) is 5. The number of carbonyl (C=O) groups excluding carboxylic acids is 2. The number of aliphatic hydroxyl groups is 2. The summed E-state index contributed by atoms with van der Waals surface area (Å²) in [6.45, 7) is 2.63. The molecule has 0 bridgehead atoms. The average molecular weight is 501 g/mol. The van der Waals surface area contributed by atoms with Gasteiger partial charge in [0.1, 0.15) is 37.1 Å². The average Bonchev–Trinajstić information content (AvgIpc) is 2.77. The molecule has 0 radical (unpaired) electrons. The summed E-state index contributed by atoms with van der Waals surface area (Å²) in [5.41, 5.74) is 0. The Labute approximate surface area is 193 Å². The first-order chi connectivity index (χ1) is 15.7. The Hall–Kier alpha value is -1.15. The number of carboxylic acid groups (broad SMARTS) is 1. The van der Waals surface area contributed by atoms with Crippen LogP contribution in [0.2, 0.25) is 0 Å². The Morgan fingerprint density at radius 2 is 1.79 bits per heavy atom. The van der Waals surface area contributed by atoms with Gasteiger partial charge in [-0.2, -0.15) is 0 Å². The van der Waals surface area contributed by atoms with Crippen molar-refractivity contribution in [2.24, 2.45) is 5.92 Å². The first-order valence-electron chi connectivity index (χ1n) is 9.77. The third-order valence-electron chi connectivity index (χ3n) is 5.34. The quantitative estimate of drug-likeness (QED) is 0.110. The highest BCUT2D eigenvalue weighted by molar-refractivity contribution is 7.88. The molecule has 0 aromatic rings. The molecule has 2 saturated heterocycles. The van der Waals surface area contributed by atoms with Gasteiger partial charge in [-0.05, 0) is 0 Å². The molecule has 33 heavy (non-hydrogen) atoms. The molecule has 192 valence electrons. The Bertz CT molecular complexity index is 643. The second-order valence-corrected chi connectivity index (χ2v) is 7.65. The molecule has 2 aliphatic rings. The highest BCUT2D eigenvalue weighted by atomic mass is 32.2. The van der Waals surface area contributed by atoms with E-state index in [1.54, 1.807) is 6.92 Å². The minimum atomic E-state index is -1.75. The normalized spacial score (nSPS) is 39.2. The number of hydrogen-bond donors (Lipinski definition) is 3. The van der Waals surface area contributed by atoms with Crippen molar-refractivity contribution in [3.63, 3.8) is 0 Å². The minimum Gasteiger partial charge on any atom is -0.774 e. The third kappa shape index (κ3) is 6.93. The van der Waals surface area contributed by atoms with Crippen LogP contribution in [0.15, 0.2) is 0 Å². The van der Waals surface area contributed by atoms with Crippen LogP contribution in [0.5, 0.6) is 0 Å². The summed E-state index contributed by atoms with van der Waals surface area (Å²) in [6.07, 6.45) is -11.1. The number of methoxy groups -OCH3 is 2. The zero-order chi connectivity index (χ0) is 24.7. The van der Waals surface area contributed by atoms with Crippen LogP contribution in [0.3, 0.4) is 0 Å². The molecule has 2 fully saturated rings. The minimum absolute atomic E-state index is 0.266. The molecule has 3 N–H and O–H groups in total. The van der Waals surface area contributed by atoms with Gasteiger partial charge in [-0.25, -0.2) is 4.89 Å². The number of carbonyl (C=O) groups is 2. The predicted molar refractivity (Wildman–Crippen MR) is 100 cm³/mol. The standard InChI is InChI=1S/C17H29NO14S/c1-6-8(5-27-31-32-33-24)28-16(26-4)9(18-7(2)19)12(6)29-17-11(21)10(20)13(25-3)14(30-17)15(22)23/h6,8-14,16-17,20-21,24H,5H2,1-4H3,(H,18,19)(H,22,23)/p-2/t6-,8?,9?,10+,11?,12-,13-,14?,16+,17+/m0/s1. The van der Waals surface area contributed by atoms with Gasteiger partial charge in [0.2, 0.25) is 5.91 Å². The van der Waals surface area contributed by atoms with E-state index in [1.807, 2.05) is 0 Å². The van der Waals surface area contributed by atoms with Crippen molar-refractivity contribution in [1.29, 1.82) is 0 Å². The summed E-state index contributed by atoms with van der Waals surface area (Å²) < 4.78 is 41.4. The van der Waals surface area contributed by atoms with E-state index in [0.29, 0.717) is 0 Å². The van der Waals surface area contributed by atoms with Crippen LogP contribution in [0.1, 0.15) is 13.8 Å². The monoisotopic (exact) mass is 501 g/mol. The summed E-state index contributed by atoms with van der Waals surface area (Å²) in [6, 6.07) is -0.942. The lowest BCUT2D eigenvalue weighted by atomic mass is 9.88. The van der Waals surface area contributed by atoms with Crippen LogP contribution in [-0.2, 0) is 47.5 Å². The van der Waals surface area contributed by atoms with E-state index in [9.17, 15) is 29.5 Å². The van der Waals surface area contributed by atoms with Gasteiger partial charge in [0, 0.05) is 27.1 Å². The number of aliphatic hydroxyl groups excluding tert-OH is 2. The van der Waals surface area contributed by atoms with Crippen molar-refractivity contribution in [2.45, 2.75) is 69.1 Å².